The van der Waals surface area contributed by atoms with E-state index in [1.807, 2.05) is 0 Å². The second-order valence-electron chi connectivity index (χ2n) is 3.88. The lowest BCUT2D eigenvalue weighted by atomic mass is 9.86. The fourth-order valence-corrected chi connectivity index (χ4v) is 1.89. The Hall–Kier alpha value is -1.13. The molecule has 1 aliphatic heterocycles. The average Bonchev–Trinajstić information content (AvgIpc) is 2.18. The Labute approximate surface area is 87.7 Å². The van der Waals surface area contributed by atoms with Gasteiger partial charge in [-0.25, -0.2) is 4.39 Å². The zero-order valence-electron chi connectivity index (χ0n) is 8.37. The van der Waals surface area contributed by atoms with Gasteiger partial charge in [-0.3, -0.25) is 0 Å². The minimum atomic E-state index is -1.10. The van der Waals surface area contributed by atoms with E-state index >= 15 is 0 Å². The van der Waals surface area contributed by atoms with Crippen molar-refractivity contribution < 1.29 is 14.2 Å². The Bertz CT molecular complexity index is 362. The highest BCUT2D eigenvalue weighted by Gasteiger charge is 2.34. The van der Waals surface area contributed by atoms with Gasteiger partial charge in [0, 0.05) is 37.3 Å². The van der Waals surface area contributed by atoms with Crippen LogP contribution < -0.4 is 5.73 Å². The highest BCUT2D eigenvalue weighted by atomic mass is 19.1. The van der Waals surface area contributed by atoms with Crippen molar-refractivity contribution in [3.05, 3.63) is 29.6 Å². The number of rotatable bonds is 1. The molecule has 4 heteroatoms. The zero-order chi connectivity index (χ0) is 10.9. The molecule has 3 N–H and O–H groups in total. The first-order valence-corrected chi connectivity index (χ1v) is 4.97. The molecular weight excluding hydrogens is 197 g/mol. The van der Waals surface area contributed by atoms with Crippen LogP contribution in [-0.2, 0) is 10.3 Å². The van der Waals surface area contributed by atoms with E-state index in [-0.39, 0.29) is 0 Å². The van der Waals surface area contributed by atoms with Crippen LogP contribution in [0, 0.1) is 5.82 Å². The van der Waals surface area contributed by atoms with E-state index in [4.69, 9.17) is 10.5 Å². The summed E-state index contributed by atoms with van der Waals surface area (Å²) in [5.74, 6) is -0.445. The molecule has 1 aliphatic rings. The maximum absolute atomic E-state index is 13.6. The number of benzene rings is 1. The molecule has 0 amide bonds. The van der Waals surface area contributed by atoms with E-state index in [9.17, 15) is 9.50 Å². The summed E-state index contributed by atoms with van der Waals surface area (Å²) in [6.45, 7) is 0.917. The molecule has 0 atom stereocenters. The highest BCUT2D eigenvalue weighted by Crippen LogP contribution is 2.33. The van der Waals surface area contributed by atoms with E-state index < -0.39 is 11.4 Å². The van der Waals surface area contributed by atoms with Gasteiger partial charge in [0.05, 0.1) is 5.60 Å². The predicted octanol–water partition coefficient (Wildman–Crippen LogP) is 1.41. The van der Waals surface area contributed by atoms with Crippen LogP contribution in [0.4, 0.5) is 10.1 Å². The Morgan fingerprint density at radius 3 is 2.60 bits per heavy atom. The lowest BCUT2D eigenvalue weighted by Crippen LogP contribution is -2.34. The molecule has 3 nitrogen and oxygen atoms in total. The quantitative estimate of drug-likeness (QED) is 0.690. The number of hydrogen-bond acceptors (Lipinski definition) is 3. The van der Waals surface area contributed by atoms with Crippen LogP contribution >= 0.6 is 0 Å². The Balaban J connectivity index is 2.35. The second kappa shape index (κ2) is 3.79. The van der Waals surface area contributed by atoms with Gasteiger partial charge in [-0.05, 0) is 12.1 Å². The van der Waals surface area contributed by atoms with Gasteiger partial charge in [-0.2, -0.15) is 0 Å². The SMILES string of the molecule is Nc1ccc(C2(O)CCOCC2)c(F)c1. The van der Waals surface area contributed by atoms with Crippen LogP contribution in [0.1, 0.15) is 18.4 Å². The Morgan fingerprint density at radius 2 is 2.00 bits per heavy atom. The van der Waals surface area contributed by atoms with Gasteiger partial charge < -0.3 is 15.6 Å². The van der Waals surface area contributed by atoms with Crippen molar-refractivity contribution in [2.45, 2.75) is 18.4 Å². The molecular formula is C11H14FNO2. The molecule has 15 heavy (non-hydrogen) atoms. The molecule has 2 rings (SSSR count). The van der Waals surface area contributed by atoms with E-state index in [2.05, 4.69) is 0 Å². The summed E-state index contributed by atoms with van der Waals surface area (Å²) in [6.07, 6.45) is 0.849. The van der Waals surface area contributed by atoms with Crippen molar-refractivity contribution in [1.29, 1.82) is 0 Å². The topological polar surface area (TPSA) is 55.5 Å². The molecule has 0 saturated carbocycles. The third-order valence-corrected chi connectivity index (χ3v) is 2.81. The molecule has 0 bridgehead atoms. The second-order valence-corrected chi connectivity index (χ2v) is 3.88. The molecule has 0 unspecified atom stereocenters. The molecule has 1 fully saturated rings. The molecule has 0 aliphatic carbocycles. The normalized spacial score (nSPS) is 20.1. The van der Waals surface area contributed by atoms with Gasteiger partial charge in [-0.1, -0.05) is 6.07 Å². The monoisotopic (exact) mass is 211 g/mol. The molecule has 0 aromatic heterocycles. The van der Waals surface area contributed by atoms with Crippen molar-refractivity contribution in [2.75, 3.05) is 18.9 Å². The van der Waals surface area contributed by atoms with Crippen LogP contribution in [-0.4, -0.2) is 18.3 Å². The Morgan fingerprint density at radius 1 is 1.33 bits per heavy atom. The summed E-state index contributed by atoms with van der Waals surface area (Å²) in [5, 5.41) is 10.3. The number of halogens is 1. The molecule has 1 aromatic rings. The van der Waals surface area contributed by atoms with Gasteiger partial charge in [0.2, 0.25) is 0 Å². The maximum atomic E-state index is 13.6. The fraction of sp³-hybridized carbons (Fsp3) is 0.455. The van der Waals surface area contributed by atoms with Gasteiger partial charge in [0.15, 0.2) is 0 Å². The summed E-state index contributed by atoms with van der Waals surface area (Å²) in [7, 11) is 0. The van der Waals surface area contributed by atoms with Crippen molar-refractivity contribution in [1.82, 2.24) is 0 Å². The summed E-state index contributed by atoms with van der Waals surface area (Å²) >= 11 is 0. The lowest BCUT2D eigenvalue weighted by molar-refractivity contribution is -0.0697. The average molecular weight is 211 g/mol. The third-order valence-electron chi connectivity index (χ3n) is 2.81. The molecule has 1 aromatic carbocycles. The Kier molecular flexibility index (Phi) is 2.63. The summed E-state index contributed by atoms with van der Waals surface area (Å²) in [5.41, 5.74) is 5.04. The molecule has 82 valence electrons. The summed E-state index contributed by atoms with van der Waals surface area (Å²) in [6, 6.07) is 4.39. The third kappa shape index (κ3) is 1.96. The number of hydrogen-bond donors (Lipinski definition) is 2. The van der Waals surface area contributed by atoms with Crippen LogP contribution in [0.3, 0.4) is 0 Å². The highest BCUT2D eigenvalue weighted by molar-refractivity contribution is 5.42. The van der Waals surface area contributed by atoms with Gasteiger partial charge >= 0.3 is 0 Å². The minimum Gasteiger partial charge on any atom is -0.399 e. The van der Waals surface area contributed by atoms with Crippen molar-refractivity contribution in [3.8, 4) is 0 Å². The summed E-state index contributed by atoms with van der Waals surface area (Å²) < 4.78 is 18.7. The smallest absolute Gasteiger partial charge is 0.131 e. The molecule has 0 radical (unpaired) electrons. The largest absolute Gasteiger partial charge is 0.399 e. The van der Waals surface area contributed by atoms with Crippen molar-refractivity contribution in [2.24, 2.45) is 0 Å². The molecule has 1 saturated heterocycles. The van der Waals surface area contributed by atoms with Crippen LogP contribution in [0.15, 0.2) is 18.2 Å². The maximum Gasteiger partial charge on any atom is 0.131 e. The first-order chi connectivity index (χ1) is 7.12. The number of aliphatic hydroxyl groups is 1. The number of nitrogen functional groups attached to an aromatic ring is 1. The fourth-order valence-electron chi connectivity index (χ4n) is 1.89. The van der Waals surface area contributed by atoms with Crippen molar-refractivity contribution in [3.63, 3.8) is 0 Å². The molecule has 1 heterocycles. The molecule has 0 spiro atoms. The van der Waals surface area contributed by atoms with Gasteiger partial charge in [0.25, 0.3) is 0 Å². The van der Waals surface area contributed by atoms with Crippen LogP contribution in [0.25, 0.3) is 0 Å². The number of anilines is 1. The standard InChI is InChI=1S/C11H14FNO2/c12-10-7-8(13)1-2-9(10)11(14)3-5-15-6-4-11/h1-2,7,14H,3-6,13H2. The zero-order valence-corrected chi connectivity index (χ0v) is 8.37. The van der Waals surface area contributed by atoms with E-state index in [1.54, 1.807) is 12.1 Å². The van der Waals surface area contributed by atoms with E-state index in [1.165, 1.54) is 6.07 Å². The lowest BCUT2D eigenvalue weighted by Gasteiger charge is -2.32. The van der Waals surface area contributed by atoms with Crippen molar-refractivity contribution >= 4 is 5.69 Å². The van der Waals surface area contributed by atoms with Gasteiger partial charge in [0.1, 0.15) is 5.82 Å². The van der Waals surface area contributed by atoms with E-state index in [0.717, 1.165) is 0 Å². The first kappa shape index (κ1) is 10.4. The number of nitrogens with two attached hydrogens (primary N) is 1. The van der Waals surface area contributed by atoms with Crippen LogP contribution in [0.2, 0.25) is 0 Å². The minimum absolute atomic E-state index is 0.319. The summed E-state index contributed by atoms with van der Waals surface area (Å²) in [4.78, 5) is 0. The van der Waals surface area contributed by atoms with Crippen LogP contribution in [0.5, 0.6) is 0 Å². The van der Waals surface area contributed by atoms with Gasteiger partial charge in [-0.15, -0.1) is 0 Å². The number of ether oxygens (including phenoxy) is 1. The predicted molar refractivity (Wildman–Crippen MR) is 54.8 cm³/mol. The first-order valence-electron chi connectivity index (χ1n) is 4.97. The van der Waals surface area contributed by atoms with E-state index in [0.29, 0.717) is 37.3 Å².